The summed E-state index contributed by atoms with van der Waals surface area (Å²) < 4.78 is 0. The molecule has 0 bridgehead atoms. The smallest absolute Gasteiger partial charge is 0.0870 e. The third kappa shape index (κ3) is 0.835. The molecule has 0 aromatic heterocycles. The lowest BCUT2D eigenvalue weighted by atomic mass is 10.1. The Hall–Kier alpha value is -1.12. The van der Waals surface area contributed by atoms with Crippen LogP contribution in [-0.2, 0) is 0 Å². The van der Waals surface area contributed by atoms with E-state index in [0.717, 1.165) is 19.5 Å². The monoisotopic (exact) mass is 135 g/mol. The van der Waals surface area contributed by atoms with Crippen LogP contribution in [-0.4, -0.2) is 25.6 Å². The van der Waals surface area contributed by atoms with Gasteiger partial charge in [-0.2, -0.15) is 0 Å². The molecule has 0 aromatic rings. The average Bonchev–Trinajstić information content (AvgIpc) is 2.05. The first-order valence-electron chi connectivity index (χ1n) is 3.41. The van der Waals surface area contributed by atoms with Crippen LogP contribution in [0.1, 0.15) is 6.42 Å². The molecular weight excluding hydrogens is 126 g/mol. The first-order chi connectivity index (χ1) is 4.97. The van der Waals surface area contributed by atoms with E-state index in [2.05, 4.69) is 15.3 Å². The van der Waals surface area contributed by atoms with E-state index in [1.807, 2.05) is 6.21 Å². The summed E-state index contributed by atoms with van der Waals surface area (Å²) in [4.78, 5) is 8.26. The first-order valence-corrected chi connectivity index (χ1v) is 3.41. The number of nitrogens with one attached hydrogen (secondary N) is 1. The largest absolute Gasteiger partial charge is 0.349 e. The molecule has 10 heavy (non-hydrogen) atoms. The molecule has 0 aromatic carbocycles. The summed E-state index contributed by atoms with van der Waals surface area (Å²) in [6, 6.07) is 0. The number of nitrogens with zero attached hydrogens (tertiary/aromatic N) is 2. The molecule has 0 amide bonds. The molecule has 52 valence electrons. The summed E-state index contributed by atoms with van der Waals surface area (Å²) in [5, 5.41) is 3.10. The van der Waals surface area contributed by atoms with Gasteiger partial charge >= 0.3 is 0 Å². The molecule has 2 aliphatic heterocycles. The van der Waals surface area contributed by atoms with Gasteiger partial charge in [0, 0.05) is 18.3 Å². The summed E-state index contributed by atoms with van der Waals surface area (Å²) in [6.45, 7) is 1.66. The van der Waals surface area contributed by atoms with Gasteiger partial charge in [-0.1, -0.05) is 0 Å². The quantitative estimate of drug-likeness (QED) is 0.511. The Morgan fingerprint density at radius 2 is 2.30 bits per heavy atom. The van der Waals surface area contributed by atoms with Crippen molar-refractivity contribution in [1.82, 2.24) is 5.32 Å². The Bertz CT molecular complexity index is 181. The van der Waals surface area contributed by atoms with E-state index in [4.69, 9.17) is 0 Å². The molecule has 0 fully saturated rings. The number of dihydropyridines is 1. The van der Waals surface area contributed by atoms with E-state index >= 15 is 0 Å². The minimum Gasteiger partial charge on any atom is -0.349 e. The van der Waals surface area contributed by atoms with Crippen LogP contribution >= 0.6 is 0 Å². The molecule has 2 aliphatic rings. The van der Waals surface area contributed by atoms with Crippen LogP contribution in [0.5, 0.6) is 0 Å². The second-order valence-corrected chi connectivity index (χ2v) is 2.42. The van der Waals surface area contributed by atoms with Gasteiger partial charge in [-0.25, -0.2) is 0 Å². The zero-order valence-electron chi connectivity index (χ0n) is 5.67. The van der Waals surface area contributed by atoms with Crippen molar-refractivity contribution in [2.24, 2.45) is 9.98 Å². The van der Waals surface area contributed by atoms with Crippen molar-refractivity contribution >= 4 is 12.6 Å². The summed E-state index contributed by atoms with van der Waals surface area (Å²) in [5.74, 6) is 0. The SMILES string of the molecule is C1=NCC2=C(CN=CC2)N1. The predicted octanol–water partition coefficient (Wildman–Crippen LogP) is 0.347. The molecule has 1 N–H and O–H groups in total. The molecule has 2 rings (SSSR count). The van der Waals surface area contributed by atoms with Gasteiger partial charge in [0.25, 0.3) is 0 Å². The van der Waals surface area contributed by atoms with Crippen LogP contribution < -0.4 is 5.32 Å². The predicted molar refractivity (Wildman–Crippen MR) is 41.5 cm³/mol. The van der Waals surface area contributed by atoms with Gasteiger partial charge in [0.2, 0.25) is 0 Å². The highest BCUT2D eigenvalue weighted by Gasteiger charge is 2.09. The van der Waals surface area contributed by atoms with Crippen LogP contribution in [0, 0.1) is 0 Å². The van der Waals surface area contributed by atoms with E-state index in [0.29, 0.717) is 0 Å². The van der Waals surface area contributed by atoms with Crippen LogP contribution in [0.2, 0.25) is 0 Å². The number of aliphatic imine (C=N–C) groups is 2. The maximum atomic E-state index is 4.15. The number of rotatable bonds is 0. The van der Waals surface area contributed by atoms with E-state index < -0.39 is 0 Å². The van der Waals surface area contributed by atoms with E-state index in [9.17, 15) is 0 Å². The van der Waals surface area contributed by atoms with E-state index in [1.54, 1.807) is 6.34 Å². The second kappa shape index (κ2) is 2.25. The van der Waals surface area contributed by atoms with Gasteiger partial charge in [-0.05, 0) is 5.57 Å². The normalized spacial score (nSPS) is 22.4. The van der Waals surface area contributed by atoms with Crippen molar-refractivity contribution in [2.45, 2.75) is 6.42 Å². The average molecular weight is 135 g/mol. The summed E-state index contributed by atoms with van der Waals surface area (Å²) in [6.07, 6.45) is 4.68. The van der Waals surface area contributed by atoms with Crippen molar-refractivity contribution in [2.75, 3.05) is 13.1 Å². The molecule has 0 saturated heterocycles. The fourth-order valence-corrected chi connectivity index (χ4v) is 1.15. The molecule has 0 radical (unpaired) electrons. The summed E-state index contributed by atoms with van der Waals surface area (Å²) in [7, 11) is 0. The van der Waals surface area contributed by atoms with Gasteiger partial charge < -0.3 is 5.32 Å². The topological polar surface area (TPSA) is 36.8 Å². The maximum Gasteiger partial charge on any atom is 0.0870 e. The van der Waals surface area contributed by atoms with E-state index in [-0.39, 0.29) is 0 Å². The molecule has 3 heteroatoms. The molecular formula is C7H9N3. The standard InChI is InChI=1S/C7H9N3/c1-2-8-4-7-6(1)3-9-5-10-7/h2,5H,1,3-4H2,(H,9,10). The Morgan fingerprint density at radius 3 is 3.20 bits per heavy atom. The highest BCUT2D eigenvalue weighted by Crippen LogP contribution is 2.12. The van der Waals surface area contributed by atoms with Gasteiger partial charge in [-0.15, -0.1) is 0 Å². The van der Waals surface area contributed by atoms with Crippen molar-refractivity contribution in [3.63, 3.8) is 0 Å². The van der Waals surface area contributed by atoms with Crippen molar-refractivity contribution in [3.05, 3.63) is 11.3 Å². The van der Waals surface area contributed by atoms with Crippen molar-refractivity contribution in [1.29, 1.82) is 0 Å². The second-order valence-electron chi connectivity index (χ2n) is 2.42. The molecule has 0 saturated carbocycles. The lowest BCUT2D eigenvalue weighted by Gasteiger charge is -2.17. The minimum absolute atomic E-state index is 0.807. The van der Waals surface area contributed by atoms with Crippen LogP contribution in [0.3, 0.4) is 0 Å². The Kier molecular flexibility index (Phi) is 1.27. The molecule has 0 unspecified atom stereocenters. The summed E-state index contributed by atoms with van der Waals surface area (Å²) >= 11 is 0. The van der Waals surface area contributed by atoms with Crippen molar-refractivity contribution < 1.29 is 0 Å². The molecule has 0 aliphatic carbocycles. The lowest BCUT2D eigenvalue weighted by molar-refractivity contribution is 0.886. The fourth-order valence-electron chi connectivity index (χ4n) is 1.15. The third-order valence-electron chi connectivity index (χ3n) is 1.76. The minimum atomic E-state index is 0.807. The van der Waals surface area contributed by atoms with Gasteiger partial charge in [0.15, 0.2) is 0 Å². The zero-order valence-corrected chi connectivity index (χ0v) is 5.67. The highest BCUT2D eigenvalue weighted by molar-refractivity contribution is 5.68. The molecule has 0 atom stereocenters. The number of hydrogen-bond acceptors (Lipinski definition) is 3. The van der Waals surface area contributed by atoms with Crippen LogP contribution in [0.4, 0.5) is 0 Å². The van der Waals surface area contributed by atoms with Gasteiger partial charge in [-0.3, -0.25) is 9.98 Å². The fraction of sp³-hybridized carbons (Fsp3) is 0.429. The first kappa shape index (κ1) is 5.65. The molecule has 2 heterocycles. The third-order valence-corrected chi connectivity index (χ3v) is 1.76. The lowest BCUT2D eigenvalue weighted by Crippen LogP contribution is -2.23. The molecule has 3 nitrogen and oxygen atoms in total. The van der Waals surface area contributed by atoms with Crippen LogP contribution in [0.15, 0.2) is 21.3 Å². The summed E-state index contributed by atoms with van der Waals surface area (Å²) in [5.41, 5.74) is 2.63. The Morgan fingerprint density at radius 1 is 1.30 bits per heavy atom. The van der Waals surface area contributed by atoms with E-state index in [1.165, 1.54) is 11.3 Å². The number of hydrogen-bond donors (Lipinski definition) is 1. The Labute approximate surface area is 59.6 Å². The molecule has 0 spiro atoms. The zero-order chi connectivity index (χ0) is 6.81. The Balaban J connectivity index is 2.19. The maximum absolute atomic E-state index is 4.15. The van der Waals surface area contributed by atoms with Crippen LogP contribution in [0.25, 0.3) is 0 Å². The van der Waals surface area contributed by atoms with Gasteiger partial charge in [0.1, 0.15) is 0 Å². The highest BCUT2D eigenvalue weighted by atomic mass is 15.0. The van der Waals surface area contributed by atoms with Crippen molar-refractivity contribution in [3.8, 4) is 0 Å². The van der Waals surface area contributed by atoms with Gasteiger partial charge in [0.05, 0.1) is 19.4 Å².